The summed E-state index contributed by atoms with van der Waals surface area (Å²) in [6, 6.07) is 0. The topological polar surface area (TPSA) is 60.2 Å². The molecule has 0 saturated carbocycles. The maximum absolute atomic E-state index is 12.6. The standard InChI is InChI=1S/C15H20N4O2S/c1-3-19-14-11(5-17-19)6-18(7-12(14)8-21-4-2)15(20)13-9-22-10-16-13/h5,9-10,12H,3-4,6-8H2,1-2H3/t12-/m1/s1. The molecule has 0 spiro atoms. The first-order valence-corrected chi connectivity index (χ1v) is 8.48. The van der Waals surface area contributed by atoms with Gasteiger partial charge in [-0.25, -0.2) is 4.98 Å². The average Bonchev–Trinajstić information content (AvgIpc) is 3.20. The van der Waals surface area contributed by atoms with E-state index in [1.165, 1.54) is 17.0 Å². The molecule has 1 aliphatic rings. The molecular weight excluding hydrogens is 300 g/mol. The molecule has 0 saturated heterocycles. The van der Waals surface area contributed by atoms with Gasteiger partial charge in [-0.3, -0.25) is 9.48 Å². The van der Waals surface area contributed by atoms with Gasteiger partial charge in [0.1, 0.15) is 5.69 Å². The SMILES string of the molecule is CCOC[C@H]1CN(C(=O)c2cscn2)Cc2cnn(CC)c21. The minimum Gasteiger partial charge on any atom is -0.381 e. The Labute approximate surface area is 133 Å². The van der Waals surface area contributed by atoms with Crippen LogP contribution in [0.15, 0.2) is 17.1 Å². The second-order valence-corrected chi connectivity index (χ2v) is 6.01. The summed E-state index contributed by atoms with van der Waals surface area (Å²) in [5, 5.41) is 6.24. The summed E-state index contributed by atoms with van der Waals surface area (Å²) >= 11 is 1.44. The molecule has 0 fully saturated rings. The van der Waals surface area contributed by atoms with Gasteiger partial charge in [0.2, 0.25) is 0 Å². The van der Waals surface area contributed by atoms with Gasteiger partial charge in [0, 0.05) is 43.1 Å². The predicted molar refractivity (Wildman–Crippen MR) is 84.0 cm³/mol. The van der Waals surface area contributed by atoms with Gasteiger partial charge in [-0.1, -0.05) is 0 Å². The zero-order chi connectivity index (χ0) is 15.5. The van der Waals surface area contributed by atoms with Gasteiger partial charge in [-0.2, -0.15) is 5.10 Å². The van der Waals surface area contributed by atoms with Crippen molar-refractivity contribution in [2.75, 3.05) is 19.8 Å². The Morgan fingerprint density at radius 3 is 3.05 bits per heavy atom. The highest BCUT2D eigenvalue weighted by molar-refractivity contribution is 7.07. The minimum atomic E-state index is -0.0161. The highest BCUT2D eigenvalue weighted by atomic mass is 32.1. The van der Waals surface area contributed by atoms with Crippen molar-refractivity contribution in [3.63, 3.8) is 0 Å². The van der Waals surface area contributed by atoms with E-state index in [1.54, 1.807) is 10.9 Å². The van der Waals surface area contributed by atoms with Crippen molar-refractivity contribution >= 4 is 17.2 Å². The molecule has 1 aliphatic heterocycles. The average molecular weight is 320 g/mol. The zero-order valence-electron chi connectivity index (χ0n) is 12.9. The third kappa shape index (κ3) is 2.78. The summed E-state index contributed by atoms with van der Waals surface area (Å²) in [6.07, 6.45) is 1.87. The monoisotopic (exact) mass is 320 g/mol. The Bertz CT molecular complexity index is 638. The van der Waals surface area contributed by atoms with E-state index < -0.39 is 0 Å². The molecule has 0 unspecified atom stereocenters. The van der Waals surface area contributed by atoms with E-state index in [0.29, 0.717) is 32.0 Å². The summed E-state index contributed by atoms with van der Waals surface area (Å²) in [5.41, 5.74) is 4.53. The fourth-order valence-electron chi connectivity index (χ4n) is 2.93. The zero-order valence-corrected chi connectivity index (χ0v) is 13.7. The van der Waals surface area contributed by atoms with Crippen LogP contribution < -0.4 is 0 Å². The van der Waals surface area contributed by atoms with Crippen molar-refractivity contribution < 1.29 is 9.53 Å². The van der Waals surface area contributed by atoms with E-state index in [0.717, 1.165) is 12.1 Å². The van der Waals surface area contributed by atoms with E-state index >= 15 is 0 Å². The van der Waals surface area contributed by atoms with Gasteiger partial charge in [0.15, 0.2) is 0 Å². The molecule has 0 bridgehead atoms. The maximum atomic E-state index is 12.6. The van der Waals surface area contributed by atoms with Crippen LogP contribution in [0.5, 0.6) is 0 Å². The lowest BCUT2D eigenvalue weighted by molar-refractivity contribution is 0.0642. The van der Waals surface area contributed by atoms with Gasteiger partial charge in [-0.05, 0) is 13.8 Å². The van der Waals surface area contributed by atoms with Crippen LogP contribution in [0.4, 0.5) is 0 Å². The number of amides is 1. The number of hydrogen-bond acceptors (Lipinski definition) is 5. The number of ether oxygens (including phenoxy) is 1. The van der Waals surface area contributed by atoms with Crippen LogP contribution in [0.2, 0.25) is 0 Å². The number of carbonyl (C=O) groups is 1. The second-order valence-electron chi connectivity index (χ2n) is 5.29. The van der Waals surface area contributed by atoms with Gasteiger partial charge in [0.05, 0.1) is 24.0 Å². The van der Waals surface area contributed by atoms with E-state index in [2.05, 4.69) is 17.0 Å². The molecule has 22 heavy (non-hydrogen) atoms. The summed E-state index contributed by atoms with van der Waals surface area (Å²) in [6.45, 7) is 7.42. The summed E-state index contributed by atoms with van der Waals surface area (Å²) in [5.74, 6) is 0.145. The highest BCUT2D eigenvalue weighted by Gasteiger charge is 2.32. The van der Waals surface area contributed by atoms with E-state index in [-0.39, 0.29) is 11.8 Å². The first kappa shape index (κ1) is 15.2. The van der Waals surface area contributed by atoms with Crippen molar-refractivity contribution in [3.8, 4) is 0 Å². The first-order chi connectivity index (χ1) is 10.7. The third-order valence-electron chi connectivity index (χ3n) is 3.91. The Morgan fingerprint density at radius 1 is 1.50 bits per heavy atom. The molecule has 1 amide bonds. The highest BCUT2D eigenvalue weighted by Crippen LogP contribution is 2.29. The number of aryl methyl sites for hydroxylation is 1. The Kier molecular flexibility index (Phi) is 4.54. The number of carbonyl (C=O) groups excluding carboxylic acids is 1. The molecule has 0 N–H and O–H groups in total. The quantitative estimate of drug-likeness (QED) is 0.847. The molecular formula is C15H20N4O2S. The van der Waals surface area contributed by atoms with Crippen LogP contribution in [0.1, 0.15) is 41.5 Å². The van der Waals surface area contributed by atoms with Crippen LogP contribution >= 0.6 is 11.3 Å². The lowest BCUT2D eigenvalue weighted by Crippen LogP contribution is -2.40. The van der Waals surface area contributed by atoms with Crippen molar-refractivity contribution in [1.29, 1.82) is 0 Å². The van der Waals surface area contributed by atoms with Crippen molar-refractivity contribution in [2.24, 2.45) is 0 Å². The number of fused-ring (bicyclic) bond motifs is 1. The Morgan fingerprint density at radius 2 is 2.36 bits per heavy atom. The summed E-state index contributed by atoms with van der Waals surface area (Å²) in [4.78, 5) is 18.5. The maximum Gasteiger partial charge on any atom is 0.273 e. The smallest absolute Gasteiger partial charge is 0.273 e. The molecule has 2 aromatic rings. The van der Waals surface area contributed by atoms with Crippen molar-refractivity contribution in [1.82, 2.24) is 19.7 Å². The van der Waals surface area contributed by atoms with Crippen LogP contribution in [0.25, 0.3) is 0 Å². The molecule has 7 heteroatoms. The van der Waals surface area contributed by atoms with Gasteiger partial charge >= 0.3 is 0 Å². The fourth-order valence-corrected chi connectivity index (χ4v) is 3.46. The number of rotatable bonds is 5. The fraction of sp³-hybridized carbons (Fsp3) is 0.533. The van der Waals surface area contributed by atoms with Crippen LogP contribution in [0.3, 0.4) is 0 Å². The van der Waals surface area contributed by atoms with E-state index in [9.17, 15) is 4.79 Å². The molecule has 0 aromatic carbocycles. The normalized spacial score (nSPS) is 17.5. The molecule has 3 heterocycles. The molecule has 2 aromatic heterocycles. The van der Waals surface area contributed by atoms with Crippen molar-refractivity contribution in [2.45, 2.75) is 32.9 Å². The third-order valence-corrected chi connectivity index (χ3v) is 4.50. The predicted octanol–water partition coefficient (Wildman–Crippen LogP) is 2.14. The molecule has 3 rings (SSSR count). The lowest BCUT2D eigenvalue weighted by Gasteiger charge is -2.33. The Hall–Kier alpha value is -1.73. The van der Waals surface area contributed by atoms with E-state index in [1.807, 2.05) is 22.7 Å². The molecule has 1 atom stereocenters. The van der Waals surface area contributed by atoms with Crippen molar-refractivity contribution in [3.05, 3.63) is 34.0 Å². The summed E-state index contributed by atoms with van der Waals surface area (Å²) in [7, 11) is 0. The van der Waals surface area contributed by atoms with Crippen LogP contribution in [-0.4, -0.2) is 45.3 Å². The number of nitrogens with zero attached hydrogens (tertiary/aromatic N) is 4. The molecule has 6 nitrogen and oxygen atoms in total. The van der Waals surface area contributed by atoms with Gasteiger partial charge in [0.25, 0.3) is 5.91 Å². The summed E-state index contributed by atoms with van der Waals surface area (Å²) < 4.78 is 7.64. The second kappa shape index (κ2) is 6.58. The number of aromatic nitrogens is 3. The molecule has 0 radical (unpaired) electrons. The largest absolute Gasteiger partial charge is 0.381 e. The Balaban J connectivity index is 1.86. The number of hydrogen-bond donors (Lipinski definition) is 0. The van der Waals surface area contributed by atoms with Crippen LogP contribution in [-0.2, 0) is 17.8 Å². The van der Waals surface area contributed by atoms with E-state index in [4.69, 9.17) is 4.74 Å². The van der Waals surface area contributed by atoms with Gasteiger partial charge in [-0.15, -0.1) is 11.3 Å². The van der Waals surface area contributed by atoms with Gasteiger partial charge < -0.3 is 9.64 Å². The molecule has 0 aliphatic carbocycles. The number of thiazole rings is 1. The van der Waals surface area contributed by atoms with Crippen LogP contribution in [0, 0.1) is 0 Å². The minimum absolute atomic E-state index is 0.0161. The lowest BCUT2D eigenvalue weighted by atomic mass is 9.96. The molecule has 118 valence electrons. The first-order valence-electron chi connectivity index (χ1n) is 7.54.